The Kier molecular flexibility index (Phi) is 15.6. The zero-order chi connectivity index (χ0) is 16.5. The molecule has 3 nitrogen and oxygen atoms in total. The highest BCUT2D eigenvalue weighted by atomic mass is 28.4. The van der Waals surface area contributed by atoms with Crippen LogP contribution in [0.25, 0.3) is 0 Å². The zero-order valence-corrected chi connectivity index (χ0v) is 16.4. The second-order valence-electron chi connectivity index (χ2n) is 5.57. The van der Waals surface area contributed by atoms with Gasteiger partial charge in [-0.25, -0.2) is 0 Å². The summed E-state index contributed by atoms with van der Waals surface area (Å²) in [5, 5.41) is 0. The van der Waals surface area contributed by atoms with Gasteiger partial charge in [-0.05, 0) is 39.3 Å². The van der Waals surface area contributed by atoms with Crippen molar-refractivity contribution in [2.75, 3.05) is 19.8 Å². The van der Waals surface area contributed by atoms with Crippen molar-refractivity contribution in [1.29, 1.82) is 0 Å². The van der Waals surface area contributed by atoms with E-state index in [4.69, 9.17) is 13.3 Å². The van der Waals surface area contributed by atoms with Crippen molar-refractivity contribution in [3.05, 3.63) is 11.8 Å². The third-order valence-corrected chi connectivity index (χ3v) is 6.30. The molecule has 0 aliphatic carbocycles. The highest BCUT2D eigenvalue weighted by molar-refractivity contribution is 6.66. The topological polar surface area (TPSA) is 27.7 Å². The number of hydrogen-bond acceptors (Lipinski definition) is 3. The molecule has 0 saturated heterocycles. The highest BCUT2D eigenvalue weighted by Crippen LogP contribution is 2.14. The minimum atomic E-state index is -2.57. The fourth-order valence-electron chi connectivity index (χ4n) is 2.50. The normalized spacial score (nSPS) is 12.4. The molecule has 0 unspecified atom stereocenters. The molecule has 0 aromatic heterocycles. The van der Waals surface area contributed by atoms with E-state index < -0.39 is 8.80 Å². The first-order chi connectivity index (χ1) is 10.7. The van der Waals surface area contributed by atoms with Gasteiger partial charge in [-0.3, -0.25) is 0 Å². The summed E-state index contributed by atoms with van der Waals surface area (Å²) in [7, 11) is -2.57. The molecule has 0 radical (unpaired) electrons. The van der Waals surface area contributed by atoms with E-state index in [0.717, 1.165) is 6.42 Å². The van der Waals surface area contributed by atoms with Gasteiger partial charge in [0.05, 0.1) is 0 Å². The van der Waals surface area contributed by atoms with Crippen LogP contribution in [0.3, 0.4) is 0 Å². The molecule has 0 rings (SSSR count). The molecule has 0 atom stereocenters. The van der Waals surface area contributed by atoms with Gasteiger partial charge in [-0.1, -0.05) is 57.9 Å². The summed E-state index contributed by atoms with van der Waals surface area (Å²) in [6.45, 7) is 10.1. The molecule has 0 aliphatic rings. The molecule has 22 heavy (non-hydrogen) atoms. The van der Waals surface area contributed by atoms with Gasteiger partial charge in [0.1, 0.15) is 0 Å². The SMILES string of the molecule is CCCCCCCCCCC=C[Si](OCC)(OCC)OCC. The van der Waals surface area contributed by atoms with Crippen molar-refractivity contribution in [1.82, 2.24) is 0 Å². The van der Waals surface area contributed by atoms with E-state index in [1.807, 2.05) is 20.8 Å². The van der Waals surface area contributed by atoms with Crippen LogP contribution in [0.4, 0.5) is 0 Å². The fraction of sp³-hybridized carbons (Fsp3) is 0.889. The molecule has 0 aliphatic heterocycles. The average Bonchev–Trinajstić information content (AvgIpc) is 2.50. The molecule has 0 amide bonds. The Morgan fingerprint density at radius 3 is 1.55 bits per heavy atom. The maximum atomic E-state index is 5.80. The molecule has 132 valence electrons. The first kappa shape index (κ1) is 21.8. The van der Waals surface area contributed by atoms with E-state index in [9.17, 15) is 0 Å². The van der Waals surface area contributed by atoms with Crippen molar-refractivity contribution < 1.29 is 13.3 Å². The van der Waals surface area contributed by atoms with Gasteiger partial charge in [0.25, 0.3) is 0 Å². The summed E-state index contributed by atoms with van der Waals surface area (Å²) in [5.41, 5.74) is 2.07. The number of hydrogen-bond donors (Lipinski definition) is 0. The van der Waals surface area contributed by atoms with Crippen molar-refractivity contribution >= 4 is 8.80 Å². The van der Waals surface area contributed by atoms with E-state index in [-0.39, 0.29) is 0 Å². The lowest BCUT2D eigenvalue weighted by molar-refractivity contribution is 0.0842. The van der Waals surface area contributed by atoms with Crippen molar-refractivity contribution in [2.45, 2.75) is 85.5 Å². The van der Waals surface area contributed by atoms with Gasteiger partial charge < -0.3 is 13.3 Å². The molecule has 0 heterocycles. The molecule has 0 fully saturated rings. The molecule has 4 heteroatoms. The zero-order valence-electron chi connectivity index (χ0n) is 15.4. The summed E-state index contributed by atoms with van der Waals surface area (Å²) < 4.78 is 17.4. The van der Waals surface area contributed by atoms with Gasteiger partial charge in [0, 0.05) is 19.8 Å². The van der Waals surface area contributed by atoms with Gasteiger partial charge in [0.2, 0.25) is 0 Å². The predicted molar refractivity (Wildman–Crippen MR) is 97.0 cm³/mol. The van der Waals surface area contributed by atoms with E-state index in [2.05, 4.69) is 18.7 Å². The maximum Gasteiger partial charge on any atom is 0.529 e. The molecule has 0 spiro atoms. The van der Waals surface area contributed by atoms with E-state index in [1.54, 1.807) is 0 Å². The number of rotatable bonds is 16. The number of unbranched alkanes of at least 4 members (excludes halogenated alkanes) is 8. The van der Waals surface area contributed by atoms with Crippen LogP contribution in [0, 0.1) is 0 Å². The standard InChI is InChI=1S/C18H38O3Si/c1-5-9-10-11-12-13-14-15-16-17-18-22(19-6-2,20-7-3)21-8-4/h17-18H,5-16H2,1-4H3. The second kappa shape index (κ2) is 15.7. The maximum absolute atomic E-state index is 5.80. The monoisotopic (exact) mass is 330 g/mol. The van der Waals surface area contributed by atoms with Crippen molar-refractivity contribution in [2.24, 2.45) is 0 Å². The van der Waals surface area contributed by atoms with Crippen LogP contribution in [-0.4, -0.2) is 28.6 Å². The molecular weight excluding hydrogens is 292 g/mol. The van der Waals surface area contributed by atoms with Crippen LogP contribution in [0.1, 0.15) is 85.5 Å². The Labute approximate surface area is 139 Å². The Balaban J connectivity index is 3.89. The van der Waals surface area contributed by atoms with Gasteiger partial charge >= 0.3 is 8.80 Å². The Morgan fingerprint density at radius 1 is 0.636 bits per heavy atom. The van der Waals surface area contributed by atoms with Crippen LogP contribution in [0.15, 0.2) is 11.8 Å². The Morgan fingerprint density at radius 2 is 1.09 bits per heavy atom. The molecule has 0 aromatic carbocycles. The second-order valence-corrected chi connectivity index (χ2v) is 7.97. The van der Waals surface area contributed by atoms with Gasteiger partial charge in [-0.15, -0.1) is 0 Å². The molecular formula is C18H38O3Si. The lowest BCUT2D eigenvalue weighted by Gasteiger charge is -2.25. The highest BCUT2D eigenvalue weighted by Gasteiger charge is 2.37. The van der Waals surface area contributed by atoms with Gasteiger partial charge in [-0.2, -0.15) is 0 Å². The van der Waals surface area contributed by atoms with Crippen molar-refractivity contribution in [3.63, 3.8) is 0 Å². The first-order valence-electron chi connectivity index (χ1n) is 9.34. The average molecular weight is 331 g/mol. The molecule has 0 bridgehead atoms. The quantitative estimate of drug-likeness (QED) is 0.270. The minimum absolute atomic E-state index is 0.633. The third kappa shape index (κ3) is 11.4. The van der Waals surface area contributed by atoms with Crippen LogP contribution in [0.2, 0.25) is 0 Å². The summed E-state index contributed by atoms with van der Waals surface area (Å²) >= 11 is 0. The Hall–Kier alpha value is -0.163. The summed E-state index contributed by atoms with van der Waals surface area (Å²) in [5.74, 6) is 0. The smallest absolute Gasteiger partial charge is 0.371 e. The van der Waals surface area contributed by atoms with E-state index in [0.29, 0.717) is 19.8 Å². The minimum Gasteiger partial charge on any atom is -0.371 e. The van der Waals surface area contributed by atoms with Crippen LogP contribution in [-0.2, 0) is 13.3 Å². The lowest BCUT2D eigenvalue weighted by Crippen LogP contribution is -2.44. The summed E-state index contributed by atoms with van der Waals surface area (Å²) in [6.07, 6.45) is 14.1. The van der Waals surface area contributed by atoms with Crippen LogP contribution >= 0.6 is 0 Å². The predicted octanol–water partition coefficient (Wildman–Crippen LogP) is 5.66. The third-order valence-electron chi connectivity index (χ3n) is 3.58. The van der Waals surface area contributed by atoms with E-state index >= 15 is 0 Å². The molecule has 0 N–H and O–H groups in total. The molecule has 0 saturated carbocycles. The van der Waals surface area contributed by atoms with Crippen LogP contribution in [0.5, 0.6) is 0 Å². The largest absolute Gasteiger partial charge is 0.529 e. The Bertz CT molecular complexity index is 240. The fourth-order valence-corrected chi connectivity index (χ4v) is 4.70. The van der Waals surface area contributed by atoms with Crippen molar-refractivity contribution in [3.8, 4) is 0 Å². The summed E-state index contributed by atoms with van der Waals surface area (Å²) in [4.78, 5) is 0. The van der Waals surface area contributed by atoms with E-state index in [1.165, 1.54) is 51.4 Å². The number of allylic oxidation sites excluding steroid dienone is 1. The lowest BCUT2D eigenvalue weighted by atomic mass is 10.1. The van der Waals surface area contributed by atoms with Crippen LogP contribution < -0.4 is 0 Å². The van der Waals surface area contributed by atoms with Gasteiger partial charge in [0.15, 0.2) is 0 Å². The summed E-state index contributed by atoms with van der Waals surface area (Å²) in [6, 6.07) is 0. The molecule has 0 aromatic rings. The first-order valence-corrected chi connectivity index (χ1v) is 11.1.